The van der Waals surface area contributed by atoms with Crippen molar-refractivity contribution >= 4 is 24.8 Å². The van der Waals surface area contributed by atoms with Gasteiger partial charge in [-0.05, 0) is 17.7 Å². The van der Waals surface area contributed by atoms with E-state index >= 15 is 0 Å². The number of hydrogen-bond donors (Lipinski definition) is 1. The molecule has 0 unspecified atom stereocenters. The molecule has 0 saturated carbocycles. The van der Waals surface area contributed by atoms with Crippen LogP contribution < -0.4 is 5.32 Å². The number of nitrogens with zero attached hydrogens (tertiary/aromatic N) is 1. The summed E-state index contributed by atoms with van der Waals surface area (Å²) in [5, 5.41) is 2.95. The molecule has 1 aromatic rings. The highest BCUT2D eigenvalue weighted by Crippen LogP contribution is 2.39. The third-order valence-electron chi connectivity index (χ3n) is 3.42. The molecule has 1 aliphatic rings. The van der Waals surface area contributed by atoms with Crippen LogP contribution in [0.3, 0.4) is 0 Å². The molecule has 2 rings (SSSR count). The van der Waals surface area contributed by atoms with Gasteiger partial charge in [0, 0.05) is 26.2 Å². The van der Waals surface area contributed by atoms with E-state index in [1.807, 2.05) is 0 Å². The summed E-state index contributed by atoms with van der Waals surface area (Å²) in [6.07, 6.45) is -7.87. The van der Waals surface area contributed by atoms with Gasteiger partial charge in [-0.2, -0.15) is 13.2 Å². The number of piperazine rings is 1. The average molecular weight is 385 g/mol. The Labute approximate surface area is 142 Å². The van der Waals surface area contributed by atoms with Gasteiger partial charge in [0.05, 0.1) is 11.6 Å². The van der Waals surface area contributed by atoms with E-state index in [-0.39, 0.29) is 44.0 Å². The van der Waals surface area contributed by atoms with Crippen molar-refractivity contribution in [3.63, 3.8) is 0 Å². The Hall–Kier alpha value is -0.700. The quantitative estimate of drug-likeness (QED) is 0.795. The van der Waals surface area contributed by atoms with Gasteiger partial charge < -0.3 is 5.32 Å². The van der Waals surface area contributed by atoms with Crippen LogP contribution in [0.15, 0.2) is 18.2 Å². The molecule has 1 fully saturated rings. The van der Waals surface area contributed by atoms with Crippen molar-refractivity contribution in [3.8, 4) is 0 Å². The van der Waals surface area contributed by atoms with Crippen LogP contribution in [0.25, 0.3) is 0 Å². The SMILES string of the molecule is Cl.Cl.Fc1ccc([C@@H](C(F)F)N2CCNCC2)c(C(F)(F)F)c1. The summed E-state index contributed by atoms with van der Waals surface area (Å²) in [5.74, 6) is -1.10. The van der Waals surface area contributed by atoms with Gasteiger partial charge in [-0.3, -0.25) is 4.90 Å². The minimum atomic E-state index is -4.88. The smallest absolute Gasteiger partial charge is 0.314 e. The molecule has 1 N–H and O–H groups in total. The molecule has 0 aliphatic carbocycles. The molecule has 1 atom stereocenters. The Morgan fingerprint density at radius 3 is 2.09 bits per heavy atom. The third-order valence-corrected chi connectivity index (χ3v) is 3.42. The Kier molecular flexibility index (Phi) is 8.69. The molecule has 2 nitrogen and oxygen atoms in total. The van der Waals surface area contributed by atoms with Crippen LogP contribution in [0.4, 0.5) is 26.3 Å². The van der Waals surface area contributed by atoms with Gasteiger partial charge in [-0.25, -0.2) is 13.2 Å². The highest BCUT2D eigenvalue weighted by Gasteiger charge is 2.40. The lowest BCUT2D eigenvalue weighted by atomic mass is 9.98. The van der Waals surface area contributed by atoms with E-state index in [2.05, 4.69) is 5.32 Å². The van der Waals surface area contributed by atoms with Crippen LogP contribution in [-0.2, 0) is 6.18 Å². The maximum Gasteiger partial charge on any atom is 0.416 e. The Bertz CT molecular complexity index is 492. The van der Waals surface area contributed by atoms with Gasteiger partial charge in [0.25, 0.3) is 6.43 Å². The standard InChI is InChI=1S/C13H14F6N2.2ClH/c14-8-1-2-9(10(7-8)13(17,18)19)11(12(15)16)21-5-3-20-4-6-21;;/h1-2,7,11-12,20H,3-6H2;2*1H/t11-;;/m0../s1. The molecule has 10 heteroatoms. The zero-order chi connectivity index (χ0) is 15.6. The topological polar surface area (TPSA) is 15.3 Å². The molecule has 23 heavy (non-hydrogen) atoms. The van der Waals surface area contributed by atoms with E-state index < -0.39 is 35.6 Å². The van der Waals surface area contributed by atoms with Crippen molar-refractivity contribution in [2.75, 3.05) is 26.2 Å². The minimum absolute atomic E-state index is 0. The van der Waals surface area contributed by atoms with Crippen molar-refractivity contribution in [1.82, 2.24) is 10.2 Å². The highest BCUT2D eigenvalue weighted by molar-refractivity contribution is 5.85. The number of rotatable bonds is 3. The normalized spacial score (nSPS) is 17.3. The summed E-state index contributed by atoms with van der Waals surface area (Å²) < 4.78 is 78.6. The van der Waals surface area contributed by atoms with Gasteiger partial charge in [0.2, 0.25) is 0 Å². The first-order chi connectivity index (χ1) is 9.80. The fourth-order valence-electron chi connectivity index (χ4n) is 2.48. The first-order valence-electron chi connectivity index (χ1n) is 6.40. The largest absolute Gasteiger partial charge is 0.416 e. The molecule has 1 heterocycles. The molecule has 0 spiro atoms. The lowest BCUT2D eigenvalue weighted by Gasteiger charge is -2.35. The monoisotopic (exact) mass is 384 g/mol. The van der Waals surface area contributed by atoms with Gasteiger partial charge >= 0.3 is 6.18 Å². The van der Waals surface area contributed by atoms with Crippen LogP contribution in [0.2, 0.25) is 0 Å². The zero-order valence-corrected chi connectivity index (χ0v) is 13.4. The second-order valence-electron chi connectivity index (χ2n) is 4.79. The second-order valence-corrected chi connectivity index (χ2v) is 4.79. The van der Waals surface area contributed by atoms with Crippen molar-refractivity contribution in [2.45, 2.75) is 18.6 Å². The van der Waals surface area contributed by atoms with Crippen LogP contribution in [0, 0.1) is 5.82 Å². The molecule has 0 aromatic heterocycles. The van der Waals surface area contributed by atoms with E-state index in [0.29, 0.717) is 13.1 Å². The van der Waals surface area contributed by atoms with E-state index in [9.17, 15) is 26.3 Å². The summed E-state index contributed by atoms with van der Waals surface area (Å²) in [6.45, 7) is 1.27. The van der Waals surface area contributed by atoms with Gasteiger partial charge in [0.1, 0.15) is 5.82 Å². The Balaban J connectivity index is 0.00000242. The minimum Gasteiger partial charge on any atom is -0.314 e. The predicted molar refractivity (Wildman–Crippen MR) is 79.1 cm³/mol. The fourth-order valence-corrected chi connectivity index (χ4v) is 2.48. The number of halogens is 8. The van der Waals surface area contributed by atoms with E-state index in [4.69, 9.17) is 0 Å². The van der Waals surface area contributed by atoms with E-state index in [0.717, 1.165) is 12.1 Å². The Morgan fingerprint density at radius 2 is 1.61 bits per heavy atom. The van der Waals surface area contributed by atoms with Crippen LogP contribution in [0.5, 0.6) is 0 Å². The summed E-state index contributed by atoms with van der Waals surface area (Å²) in [4.78, 5) is 1.30. The molecule has 1 saturated heterocycles. The fraction of sp³-hybridized carbons (Fsp3) is 0.538. The van der Waals surface area contributed by atoms with Gasteiger partial charge in [-0.1, -0.05) is 6.07 Å². The van der Waals surface area contributed by atoms with Crippen molar-refractivity contribution in [3.05, 3.63) is 35.1 Å². The van der Waals surface area contributed by atoms with E-state index in [1.54, 1.807) is 0 Å². The maximum absolute atomic E-state index is 13.3. The molecule has 0 radical (unpaired) electrons. The average Bonchev–Trinajstić information content (AvgIpc) is 2.40. The van der Waals surface area contributed by atoms with Crippen LogP contribution in [-0.4, -0.2) is 37.5 Å². The van der Waals surface area contributed by atoms with Crippen LogP contribution in [0.1, 0.15) is 17.2 Å². The first-order valence-corrected chi connectivity index (χ1v) is 6.40. The van der Waals surface area contributed by atoms with Crippen molar-refractivity contribution in [1.29, 1.82) is 0 Å². The number of benzene rings is 1. The summed E-state index contributed by atoms with van der Waals surface area (Å²) >= 11 is 0. The molecule has 0 amide bonds. The summed E-state index contributed by atoms with van der Waals surface area (Å²) in [5.41, 5.74) is -1.92. The molecule has 134 valence electrons. The maximum atomic E-state index is 13.3. The molecule has 1 aliphatic heterocycles. The zero-order valence-electron chi connectivity index (χ0n) is 11.7. The van der Waals surface area contributed by atoms with Crippen molar-refractivity contribution < 1.29 is 26.3 Å². The second kappa shape index (κ2) is 8.96. The lowest BCUT2D eigenvalue weighted by Crippen LogP contribution is -2.47. The highest BCUT2D eigenvalue weighted by atomic mass is 35.5. The molecule has 1 aromatic carbocycles. The molecular weight excluding hydrogens is 369 g/mol. The van der Waals surface area contributed by atoms with Crippen LogP contribution >= 0.6 is 24.8 Å². The molecular formula is C13H16Cl2F6N2. The Morgan fingerprint density at radius 1 is 1.04 bits per heavy atom. The van der Waals surface area contributed by atoms with E-state index in [1.165, 1.54) is 4.90 Å². The lowest BCUT2D eigenvalue weighted by molar-refractivity contribution is -0.139. The summed E-state index contributed by atoms with van der Waals surface area (Å²) in [6, 6.07) is 0.163. The van der Waals surface area contributed by atoms with Gasteiger partial charge in [-0.15, -0.1) is 24.8 Å². The number of hydrogen-bond acceptors (Lipinski definition) is 2. The number of nitrogens with one attached hydrogen (secondary N) is 1. The number of alkyl halides is 5. The first kappa shape index (κ1) is 22.3. The van der Waals surface area contributed by atoms with Gasteiger partial charge in [0.15, 0.2) is 0 Å². The molecule has 0 bridgehead atoms. The summed E-state index contributed by atoms with van der Waals surface area (Å²) in [7, 11) is 0. The predicted octanol–water partition coefficient (Wildman–Crippen LogP) is 3.90. The van der Waals surface area contributed by atoms with Crippen molar-refractivity contribution in [2.24, 2.45) is 0 Å². The third kappa shape index (κ3) is 5.41.